The molecule has 10 heavy (non-hydrogen) atoms. The third-order valence-corrected chi connectivity index (χ3v) is 1.52. The van der Waals surface area contributed by atoms with Gasteiger partial charge in [0.15, 0.2) is 0 Å². The maximum absolute atomic E-state index is 10.7. The molecular formula is C6H9NO3. The first-order valence-corrected chi connectivity index (χ1v) is 3.18. The summed E-state index contributed by atoms with van der Waals surface area (Å²) >= 11 is 0. The van der Waals surface area contributed by atoms with Crippen LogP contribution in [0.25, 0.3) is 0 Å². The molecule has 1 aliphatic rings. The van der Waals surface area contributed by atoms with Crippen LogP contribution in [-0.4, -0.2) is 29.4 Å². The minimum absolute atomic E-state index is 0.0335. The third-order valence-electron chi connectivity index (χ3n) is 1.52. The number of nitrogens with one attached hydrogen (secondary N) is 1. The summed E-state index contributed by atoms with van der Waals surface area (Å²) in [5.74, 6) is -0.904. The molecule has 1 saturated heterocycles. The Hall–Kier alpha value is -0.900. The summed E-state index contributed by atoms with van der Waals surface area (Å²) in [4.78, 5) is 21.0. The molecule has 0 radical (unpaired) electrons. The Morgan fingerprint density at radius 1 is 1.70 bits per heavy atom. The van der Waals surface area contributed by atoms with Gasteiger partial charge in [-0.15, -0.1) is 0 Å². The number of Topliss-reactive ketones (excluding diaryl/α,β-unsaturated/α-hetero) is 1. The number of hydrogen-bond donors (Lipinski definition) is 2. The van der Waals surface area contributed by atoms with E-state index in [2.05, 4.69) is 5.32 Å². The van der Waals surface area contributed by atoms with E-state index in [9.17, 15) is 9.59 Å². The fourth-order valence-corrected chi connectivity index (χ4v) is 0.962. The zero-order valence-corrected chi connectivity index (χ0v) is 5.46. The largest absolute Gasteiger partial charge is 0.480 e. The van der Waals surface area contributed by atoms with E-state index < -0.39 is 12.0 Å². The summed E-state index contributed by atoms with van der Waals surface area (Å²) in [6.07, 6.45) is 0.596. The Bertz CT molecular complexity index is 164. The van der Waals surface area contributed by atoms with Crippen molar-refractivity contribution in [2.24, 2.45) is 0 Å². The van der Waals surface area contributed by atoms with Crippen LogP contribution in [0, 0.1) is 0 Å². The van der Waals surface area contributed by atoms with Crippen LogP contribution >= 0.6 is 0 Å². The summed E-state index contributed by atoms with van der Waals surface area (Å²) in [5, 5.41) is 11.2. The van der Waals surface area contributed by atoms with Gasteiger partial charge in [0.05, 0.1) is 0 Å². The van der Waals surface area contributed by atoms with Crippen LogP contribution in [0.2, 0.25) is 0 Å². The fraction of sp³-hybridized carbons (Fsp3) is 0.667. The normalized spacial score (nSPS) is 26.4. The van der Waals surface area contributed by atoms with Crippen LogP contribution in [0.1, 0.15) is 12.8 Å². The van der Waals surface area contributed by atoms with Gasteiger partial charge in [0.25, 0.3) is 0 Å². The second kappa shape index (κ2) is 2.79. The highest BCUT2D eigenvalue weighted by atomic mass is 16.4. The number of carbonyl (C=O) groups is 2. The maximum Gasteiger partial charge on any atom is 0.321 e. The number of hydrogen-bond acceptors (Lipinski definition) is 3. The van der Waals surface area contributed by atoms with E-state index in [0.717, 1.165) is 0 Å². The van der Waals surface area contributed by atoms with E-state index in [4.69, 9.17) is 5.11 Å². The molecule has 0 amide bonds. The fourth-order valence-electron chi connectivity index (χ4n) is 0.962. The molecule has 1 heterocycles. The Morgan fingerprint density at radius 2 is 2.40 bits per heavy atom. The van der Waals surface area contributed by atoms with E-state index in [1.165, 1.54) is 0 Å². The molecule has 0 bridgehead atoms. The van der Waals surface area contributed by atoms with Crippen molar-refractivity contribution in [3.8, 4) is 0 Å². The highest BCUT2D eigenvalue weighted by molar-refractivity contribution is 5.87. The van der Waals surface area contributed by atoms with E-state index in [1.807, 2.05) is 0 Å². The Kier molecular flexibility index (Phi) is 2.01. The number of aliphatic carboxylic acids is 1. The lowest BCUT2D eigenvalue weighted by atomic mass is 10.0. The monoisotopic (exact) mass is 143 g/mol. The summed E-state index contributed by atoms with van der Waals surface area (Å²) in [6.45, 7) is 0.496. The Labute approximate surface area is 58.2 Å². The van der Waals surface area contributed by atoms with E-state index in [-0.39, 0.29) is 12.2 Å². The highest BCUT2D eigenvalue weighted by Crippen LogP contribution is 2.02. The van der Waals surface area contributed by atoms with E-state index in [1.54, 1.807) is 0 Å². The molecule has 1 fully saturated rings. The third kappa shape index (κ3) is 1.54. The summed E-state index contributed by atoms with van der Waals surface area (Å²) in [6, 6.07) is -0.652. The summed E-state index contributed by atoms with van der Waals surface area (Å²) in [5.41, 5.74) is 0. The van der Waals surface area contributed by atoms with Crippen molar-refractivity contribution in [3.63, 3.8) is 0 Å². The zero-order valence-electron chi connectivity index (χ0n) is 5.46. The van der Waals surface area contributed by atoms with Gasteiger partial charge in [0, 0.05) is 19.4 Å². The number of carboxylic acids is 1. The second-order valence-corrected chi connectivity index (χ2v) is 2.34. The first-order chi connectivity index (χ1) is 4.70. The van der Waals surface area contributed by atoms with Gasteiger partial charge in [-0.25, -0.2) is 0 Å². The highest BCUT2D eigenvalue weighted by Gasteiger charge is 2.23. The van der Waals surface area contributed by atoms with Crippen molar-refractivity contribution in [2.75, 3.05) is 6.54 Å². The van der Waals surface area contributed by atoms with Gasteiger partial charge in [-0.1, -0.05) is 0 Å². The standard InChI is InChI=1S/C6H9NO3/c8-4-1-2-7-5(3-4)6(9)10/h5,7H,1-3H2,(H,9,10). The maximum atomic E-state index is 10.7. The van der Waals surface area contributed by atoms with Gasteiger partial charge in [-0.05, 0) is 0 Å². The smallest absolute Gasteiger partial charge is 0.321 e. The lowest BCUT2D eigenvalue weighted by Crippen LogP contribution is -2.43. The van der Waals surface area contributed by atoms with Gasteiger partial charge in [0.2, 0.25) is 0 Å². The Balaban J connectivity index is 2.47. The first kappa shape index (κ1) is 7.21. The Morgan fingerprint density at radius 3 is 2.80 bits per heavy atom. The molecule has 0 spiro atoms. The quantitative estimate of drug-likeness (QED) is 0.514. The number of ketones is 1. The van der Waals surface area contributed by atoms with Crippen LogP contribution in [0.15, 0.2) is 0 Å². The molecule has 0 aromatic carbocycles. The molecule has 1 aliphatic heterocycles. The van der Waals surface area contributed by atoms with Crippen molar-refractivity contribution < 1.29 is 14.7 Å². The van der Waals surface area contributed by atoms with Crippen LogP contribution in [0.4, 0.5) is 0 Å². The molecule has 0 aromatic rings. The van der Waals surface area contributed by atoms with Crippen molar-refractivity contribution in [1.29, 1.82) is 0 Å². The predicted octanol–water partition coefficient (Wildman–Crippen LogP) is -0.608. The van der Waals surface area contributed by atoms with Gasteiger partial charge < -0.3 is 10.4 Å². The van der Waals surface area contributed by atoms with E-state index >= 15 is 0 Å². The van der Waals surface area contributed by atoms with Gasteiger partial charge in [0.1, 0.15) is 11.8 Å². The van der Waals surface area contributed by atoms with Crippen molar-refractivity contribution in [2.45, 2.75) is 18.9 Å². The molecule has 2 N–H and O–H groups in total. The first-order valence-electron chi connectivity index (χ1n) is 3.18. The van der Waals surface area contributed by atoms with Gasteiger partial charge in [-0.3, -0.25) is 9.59 Å². The number of rotatable bonds is 1. The van der Waals surface area contributed by atoms with E-state index in [0.29, 0.717) is 13.0 Å². The average Bonchev–Trinajstić information content (AvgIpc) is 1.88. The van der Waals surface area contributed by atoms with Crippen LogP contribution in [-0.2, 0) is 9.59 Å². The minimum atomic E-state index is -0.937. The molecule has 4 nitrogen and oxygen atoms in total. The van der Waals surface area contributed by atoms with Crippen LogP contribution in [0.5, 0.6) is 0 Å². The topological polar surface area (TPSA) is 66.4 Å². The molecule has 1 unspecified atom stereocenters. The summed E-state index contributed by atoms with van der Waals surface area (Å²) in [7, 11) is 0. The van der Waals surface area contributed by atoms with Gasteiger partial charge in [-0.2, -0.15) is 0 Å². The molecule has 1 atom stereocenters. The molecule has 0 saturated carbocycles. The second-order valence-electron chi connectivity index (χ2n) is 2.34. The lowest BCUT2D eigenvalue weighted by molar-refractivity contribution is -0.142. The predicted molar refractivity (Wildman–Crippen MR) is 33.7 cm³/mol. The van der Waals surface area contributed by atoms with Gasteiger partial charge >= 0.3 is 5.97 Å². The summed E-state index contributed by atoms with van der Waals surface area (Å²) < 4.78 is 0. The molecule has 0 aliphatic carbocycles. The number of piperidine rings is 1. The van der Waals surface area contributed by atoms with Crippen LogP contribution < -0.4 is 5.32 Å². The zero-order chi connectivity index (χ0) is 7.56. The lowest BCUT2D eigenvalue weighted by Gasteiger charge is -2.17. The number of carbonyl (C=O) groups excluding carboxylic acids is 1. The molecule has 56 valence electrons. The molecule has 1 rings (SSSR count). The van der Waals surface area contributed by atoms with Crippen molar-refractivity contribution in [3.05, 3.63) is 0 Å². The average molecular weight is 143 g/mol. The molecule has 0 aromatic heterocycles. The minimum Gasteiger partial charge on any atom is -0.480 e. The van der Waals surface area contributed by atoms with Crippen molar-refractivity contribution >= 4 is 11.8 Å². The molecular weight excluding hydrogens is 134 g/mol. The van der Waals surface area contributed by atoms with Crippen molar-refractivity contribution in [1.82, 2.24) is 5.32 Å². The number of carboxylic acid groups (broad SMARTS) is 1. The molecule has 4 heteroatoms. The van der Waals surface area contributed by atoms with Crippen LogP contribution in [0.3, 0.4) is 0 Å². The SMILES string of the molecule is O=C1CCNC(C(=O)O)C1.